The second-order valence-electron chi connectivity index (χ2n) is 7.24. The molecular formula is C19H38O5. The minimum Gasteiger partial charge on any atom is -0.396 e. The molecule has 1 saturated carbocycles. The third kappa shape index (κ3) is 7.79. The summed E-state index contributed by atoms with van der Waals surface area (Å²) < 4.78 is 5.69. The standard InChI is InChI=1S/C19H38O5/c1-2-3-4-5-6-7-8-9-10-11-12-24-16-13-15(14-20)17(21)19(23)18(16)22/h15-23H,2-14H2,1H3/t15-,16-,17+,18+,19+/m1/s1. The Balaban J connectivity index is 2.02. The van der Waals surface area contributed by atoms with E-state index in [2.05, 4.69) is 6.92 Å². The average Bonchev–Trinajstić information content (AvgIpc) is 2.59. The highest BCUT2D eigenvalue weighted by Crippen LogP contribution is 2.27. The summed E-state index contributed by atoms with van der Waals surface area (Å²) >= 11 is 0. The van der Waals surface area contributed by atoms with Gasteiger partial charge in [0.25, 0.3) is 0 Å². The minimum absolute atomic E-state index is 0.205. The van der Waals surface area contributed by atoms with Crippen LogP contribution in [0.2, 0.25) is 0 Å². The summed E-state index contributed by atoms with van der Waals surface area (Å²) in [5.74, 6) is -0.430. The monoisotopic (exact) mass is 346 g/mol. The highest BCUT2D eigenvalue weighted by atomic mass is 16.5. The molecule has 144 valence electrons. The van der Waals surface area contributed by atoms with Crippen molar-refractivity contribution in [1.82, 2.24) is 0 Å². The van der Waals surface area contributed by atoms with Crippen LogP contribution in [0.4, 0.5) is 0 Å². The maximum absolute atomic E-state index is 9.97. The molecule has 0 radical (unpaired) electrons. The quantitative estimate of drug-likeness (QED) is 0.385. The normalized spacial score (nSPS) is 30.6. The van der Waals surface area contributed by atoms with E-state index >= 15 is 0 Å². The first-order valence-corrected chi connectivity index (χ1v) is 9.88. The van der Waals surface area contributed by atoms with Gasteiger partial charge in [-0.15, -0.1) is 0 Å². The first-order valence-electron chi connectivity index (χ1n) is 9.88. The van der Waals surface area contributed by atoms with Crippen LogP contribution < -0.4 is 0 Å². The fourth-order valence-corrected chi connectivity index (χ4v) is 3.45. The molecule has 0 aromatic carbocycles. The topological polar surface area (TPSA) is 90.2 Å². The summed E-state index contributed by atoms with van der Waals surface area (Å²) in [7, 11) is 0. The van der Waals surface area contributed by atoms with Crippen LogP contribution in [0, 0.1) is 5.92 Å². The maximum atomic E-state index is 9.97. The largest absolute Gasteiger partial charge is 0.396 e. The molecule has 4 N–H and O–H groups in total. The number of hydrogen-bond donors (Lipinski definition) is 4. The number of rotatable bonds is 13. The van der Waals surface area contributed by atoms with Crippen molar-refractivity contribution in [3.63, 3.8) is 0 Å². The molecule has 0 aromatic rings. The summed E-state index contributed by atoms with van der Waals surface area (Å²) in [6.07, 6.45) is 9.06. The lowest BCUT2D eigenvalue weighted by molar-refractivity contribution is -0.178. The van der Waals surface area contributed by atoms with Crippen molar-refractivity contribution >= 4 is 0 Å². The lowest BCUT2D eigenvalue weighted by Crippen LogP contribution is -2.55. The smallest absolute Gasteiger partial charge is 0.109 e. The predicted octanol–water partition coefficient (Wildman–Crippen LogP) is 2.39. The fraction of sp³-hybridized carbons (Fsp3) is 1.00. The third-order valence-electron chi connectivity index (χ3n) is 5.16. The van der Waals surface area contributed by atoms with E-state index < -0.39 is 30.3 Å². The van der Waals surface area contributed by atoms with Gasteiger partial charge in [0.1, 0.15) is 12.2 Å². The fourth-order valence-electron chi connectivity index (χ4n) is 3.45. The minimum atomic E-state index is -1.24. The Morgan fingerprint density at radius 3 is 1.83 bits per heavy atom. The van der Waals surface area contributed by atoms with Gasteiger partial charge in [0.2, 0.25) is 0 Å². The molecule has 1 fully saturated rings. The number of unbranched alkanes of at least 4 members (excludes halogenated alkanes) is 9. The van der Waals surface area contributed by atoms with Gasteiger partial charge in [0.15, 0.2) is 0 Å². The second-order valence-corrected chi connectivity index (χ2v) is 7.24. The Morgan fingerprint density at radius 2 is 1.29 bits per heavy atom. The molecule has 0 spiro atoms. The van der Waals surface area contributed by atoms with Crippen LogP contribution in [0.25, 0.3) is 0 Å². The number of aliphatic hydroxyl groups excluding tert-OH is 4. The zero-order valence-electron chi connectivity index (χ0n) is 15.3. The third-order valence-corrected chi connectivity index (χ3v) is 5.16. The van der Waals surface area contributed by atoms with Gasteiger partial charge >= 0.3 is 0 Å². The molecule has 0 aromatic heterocycles. The molecule has 24 heavy (non-hydrogen) atoms. The van der Waals surface area contributed by atoms with Crippen LogP contribution in [-0.2, 0) is 4.74 Å². The van der Waals surface area contributed by atoms with E-state index in [1.54, 1.807) is 0 Å². The summed E-state index contributed by atoms with van der Waals surface area (Å²) in [6, 6.07) is 0. The summed E-state index contributed by atoms with van der Waals surface area (Å²) in [6.45, 7) is 2.59. The Hall–Kier alpha value is -0.200. The van der Waals surface area contributed by atoms with Gasteiger partial charge in [-0.05, 0) is 12.8 Å². The Bertz CT molecular complexity index is 297. The molecule has 0 amide bonds. The van der Waals surface area contributed by atoms with Crippen molar-refractivity contribution in [1.29, 1.82) is 0 Å². The van der Waals surface area contributed by atoms with E-state index in [9.17, 15) is 20.4 Å². The first-order chi connectivity index (χ1) is 11.6. The average molecular weight is 347 g/mol. The zero-order valence-corrected chi connectivity index (χ0v) is 15.3. The zero-order chi connectivity index (χ0) is 17.8. The maximum Gasteiger partial charge on any atom is 0.109 e. The molecule has 1 aliphatic carbocycles. The van der Waals surface area contributed by atoms with Crippen molar-refractivity contribution in [2.45, 2.75) is 102 Å². The van der Waals surface area contributed by atoms with E-state index in [1.165, 1.54) is 51.4 Å². The van der Waals surface area contributed by atoms with E-state index in [0.29, 0.717) is 13.0 Å². The number of ether oxygens (including phenoxy) is 1. The first kappa shape index (κ1) is 21.8. The van der Waals surface area contributed by atoms with E-state index in [4.69, 9.17) is 4.74 Å². The number of hydrogen-bond acceptors (Lipinski definition) is 5. The molecule has 0 bridgehead atoms. The molecule has 5 nitrogen and oxygen atoms in total. The highest BCUT2D eigenvalue weighted by molar-refractivity contribution is 4.93. The van der Waals surface area contributed by atoms with Crippen LogP contribution in [0.5, 0.6) is 0 Å². The molecule has 0 heterocycles. The van der Waals surface area contributed by atoms with Crippen molar-refractivity contribution in [3.05, 3.63) is 0 Å². The van der Waals surface area contributed by atoms with Crippen LogP contribution in [0.1, 0.15) is 77.6 Å². The SMILES string of the molecule is CCCCCCCCCCCCO[C@@H]1C[C@H](CO)[C@H](O)[C@H](O)[C@H]1O. The van der Waals surface area contributed by atoms with Gasteiger partial charge in [-0.1, -0.05) is 64.7 Å². The molecule has 5 atom stereocenters. The van der Waals surface area contributed by atoms with Gasteiger partial charge in [0, 0.05) is 19.1 Å². The Labute approximate surface area is 147 Å². The van der Waals surface area contributed by atoms with E-state index in [0.717, 1.165) is 12.8 Å². The Morgan fingerprint density at radius 1 is 0.750 bits per heavy atom. The molecule has 0 unspecified atom stereocenters. The van der Waals surface area contributed by atoms with Crippen LogP contribution in [-0.4, -0.2) is 58.1 Å². The van der Waals surface area contributed by atoms with E-state index in [1.807, 2.05) is 0 Å². The summed E-state index contributed by atoms with van der Waals surface area (Å²) in [5.41, 5.74) is 0. The molecular weight excluding hydrogens is 308 g/mol. The highest BCUT2D eigenvalue weighted by Gasteiger charge is 2.42. The molecule has 1 aliphatic rings. The van der Waals surface area contributed by atoms with Gasteiger partial charge in [0.05, 0.1) is 12.2 Å². The Kier molecular flexibility index (Phi) is 11.9. The van der Waals surface area contributed by atoms with Gasteiger partial charge < -0.3 is 25.2 Å². The van der Waals surface area contributed by atoms with Crippen molar-refractivity contribution in [2.75, 3.05) is 13.2 Å². The van der Waals surface area contributed by atoms with E-state index in [-0.39, 0.29) is 6.61 Å². The van der Waals surface area contributed by atoms with Crippen LogP contribution in [0.15, 0.2) is 0 Å². The van der Waals surface area contributed by atoms with Crippen LogP contribution in [0.3, 0.4) is 0 Å². The van der Waals surface area contributed by atoms with Gasteiger partial charge in [-0.25, -0.2) is 0 Å². The number of aliphatic hydroxyl groups is 4. The lowest BCUT2D eigenvalue weighted by atomic mass is 9.81. The molecule has 1 rings (SSSR count). The van der Waals surface area contributed by atoms with Crippen molar-refractivity contribution in [3.8, 4) is 0 Å². The summed E-state index contributed by atoms with van der Waals surface area (Å²) in [4.78, 5) is 0. The summed E-state index contributed by atoms with van der Waals surface area (Å²) in [5, 5.41) is 38.8. The molecule has 0 saturated heterocycles. The van der Waals surface area contributed by atoms with Gasteiger partial charge in [-0.2, -0.15) is 0 Å². The lowest BCUT2D eigenvalue weighted by Gasteiger charge is -2.39. The van der Waals surface area contributed by atoms with Crippen molar-refractivity contribution < 1.29 is 25.2 Å². The molecule has 0 aliphatic heterocycles. The predicted molar refractivity (Wildman–Crippen MR) is 94.8 cm³/mol. The molecule has 5 heteroatoms. The second kappa shape index (κ2) is 13.1. The van der Waals surface area contributed by atoms with Crippen LogP contribution >= 0.6 is 0 Å². The van der Waals surface area contributed by atoms with Gasteiger partial charge in [-0.3, -0.25) is 0 Å². The van der Waals surface area contributed by atoms with Crippen molar-refractivity contribution in [2.24, 2.45) is 5.92 Å².